The van der Waals surface area contributed by atoms with Crippen molar-refractivity contribution in [1.82, 2.24) is 14.8 Å². The van der Waals surface area contributed by atoms with Crippen LogP contribution in [0.3, 0.4) is 0 Å². The number of piperidine rings is 1. The third-order valence-corrected chi connectivity index (χ3v) is 6.56. The lowest BCUT2D eigenvalue weighted by Crippen LogP contribution is -2.55. The quantitative estimate of drug-likeness (QED) is 0.794. The van der Waals surface area contributed by atoms with Crippen LogP contribution >= 0.6 is 11.3 Å². The van der Waals surface area contributed by atoms with Gasteiger partial charge in [-0.2, -0.15) is 0 Å². The molecule has 0 spiro atoms. The van der Waals surface area contributed by atoms with Crippen molar-refractivity contribution in [2.75, 3.05) is 39.4 Å². The summed E-state index contributed by atoms with van der Waals surface area (Å²) in [5, 5.41) is 10.1. The van der Waals surface area contributed by atoms with Crippen LogP contribution < -0.4 is 0 Å². The van der Waals surface area contributed by atoms with Gasteiger partial charge in [-0.15, -0.1) is 11.3 Å². The molecule has 2 aliphatic heterocycles. The monoisotopic (exact) mass is 395 g/mol. The van der Waals surface area contributed by atoms with Crippen molar-refractivity contribution < 1.29 is 19.4 Å². The summed E-state index contributed by atoms with van der Waals surface area (Å²) < 4.78 is 5.46. The molecular weight excluding hydrogens is 366 g/mol. The lowest BCUT2D eigenvalue weighted by Gasteiger charge is -2.45. The number of rotatable bonds is 6. The highest BCUT2D eigenvalue weighted by Crippen LogP contribution is 2.29. The fourth-order valence-electron chi connectivity index (χ4n) is 4.21. The van der Waals surface area contributed by atoms with Gasteiger partial charge in [0.1, 0.15) is 4.88 Å². The summed E-state index contributed by atoms with van der Waals surface area (Å²) in [5.41, 5.74) is 0.875. The van der Waals surface area contributed by atoms with E-state index >= 15 is 0 Å². The smallest absolute Gasteiger partial charge is 0.303 e. The first-order valence-electron chi connectivity index (χ1n) is 9.78. The van der Waals surface area contributed by atoms with Gasteiger partial charge in [-0.3, -0.25) is 14.5 Å². The number of aliphatic carboxylic acids is 1. The van der Waals surface area contributed by atoms with Gasteiger partial charge in [0.25, 0.3) is 5.91 Å². The predicted molar refractivity (Wildman–Crippen MR) is 103 cm³/mol. The van der Waals surface area contributed by atoms with Gasteiger partial charge in [-0.25, -0.2) is 4.98 Å². The maximum Gasteiger partial charge on any atom is 0.303 e. The van der Waals surface area contributed by atoms with E-state index in [2.05, 4.69) is 9.88 Å². The van der Waals surface area contributed by atoms with Crippen molar-refractivity contribution in [3.63, 3.8) is 0 Å². The van der Waals surface area contributed by atoms with Crippen LogP contribution in [0, 0.1) is 12.8 Å². The molecule has 150 valence electrons. The van der Waals surface area contributed by atoms with Gasteiger partial charge in [-0.1, -0.05) is 6.92 Å². The van der Waals surface area contributed by atoms with Crippen LogP contribution in [0.25, 0.3) is 0 Å². The third kappa shape index (κ3) is 4.86. The number of nitrogens with zero attached hydrogens (tertiary/aromatic N) is 3. The first-order chi connectivity index (χ1) is 13.0. The Kier molecular flexibility index (Phi) is 6.83. The highest BCUT2D eigenvalue weighted by molar-refractivity contribution is 7.13. The van der Waals surface area contributed by atoms with Gasteiger partial charge in [0, 0.05) is 38.6 Å². The molecule has 3 heterocycles. The van der Waals surface area contributed by atoms with Gasteiger partial charge >= 0.3 is 5.97 Å². The van der Waals surface area contributed by atoms with E-state index in [0.29, 0.717) is 25.6 Å². The standard InChI is InChI=1S/C19H29N3O4S/c1-3-15-18(27-13(2)20-15)19(25)22-7-6-16(21-8-10-26-11-9-21)14(12-22)4-5-17(23)24/h14,16H,3-12H2,1-2H3,(H,23,24)/t14-,16+/m1/s1. The van der Waals surface area contributed by atoms with Crippen LogP contribution in [0.2, 0.25) is 0 Å². The van der Waals surface area contributed by atoms with Crippen molar-refractivity contribution >= 4 is 23.2 Å². The van der Waals surface area contributed by atoms with Gasteiger partial charge < -0.3 is 14.7 Å². The molecule has 2 saturated heterocycles. The van der Waals surface area contributed by atoms with E-state index in [1.165, 1.54) is 11.3 Å². The third-order valence-electron chi connectivity index (χ3n) is 5.56. The number of hydrogen-bond donors (Lipinski definition) is 1. The summed E-state index contributed by atoms with van der Waals surface area (Å²) in [4.78, 5) is 33.8. The number of carbonyl (C=O) groups is 2. The minimum Gasteiger partial charge on any atom is -0.481 e. The Hall–Kier alpha value is -1.51. The SMILES string of the molecule is CCc1nc(C)sc1C(=O)N1CC[C@H](N2CCOCC2)[C@H](CCC(=O)O)C1. The number of hydrogen-bond acceptors (Lipinski definition) is 6. The second-order valence-electron chi connectivity index (χ2n) is 7.31. The van der Waals surface area contributed by atoms with Crippen LogP contribution in [0.5, 0.6) is 0 Å². The maximum absolute atomic E-state index is 13.1. The van der Waals surface area contributed by atoms with Crippen molar-refractivity contribution in [2.45, 2.75) is 45.6 Å². The average molecular weight is 396 g/mol. The molecule has 1 amide bonds. The zero-order valence-corrected chi connectivity index (χ0v) is 17.0. The van der Waals surface area contributed by atoms with E-state index in [1.807, 2.05) is 18.7 Å². The Morgan fingerprint density at radius 2 is 2.04 bits per heavy atom. The van der Waals surface area contributed by atoms with Gasteiger partial charge in [0.2, 0.25) is 0 Å². The Labute approximate surface area is 164 Å². The van der Waals surface area contributed by atoms with E-state index in [-0.39, 0.29) is 18.2 Å². The van der Waals surface area contributed by atoms with Crippen LogP contribution in [0.4, 0.5) is 0 Å². The first-order valence-corrected chi connectivity index (χ1v) is 10.6. The van der Waals surface area contributed by atoms with Crippen LogP contribution in [0.1, 0.15) is 46.6 Å². The van der Waals surface area contributed by atoms with Crippen molar-refractivity contribution in [1.29, 1.82) is 0 Å². The number of aromatic nitrogens is 1. The van der Waals surface area contributed by atoms with Crippen molar-refractivity contribution in [2.24, 2.45) is 5.92 Å². The number of ether oxygens (including phenoxy) is 1. The molecule has 8 heteroatoms. The zero-order valence-electron chi connectivity index (χ0n) is 16.1. The summed E-state index contributed by atoms with van der Waals surface area (Å²) in [6, 6.07) is 0.325. The number of carboxylic acid groups (broad SMARTS) is 1. The normalized spacial score (nSPS) is 24.1. The molecule has 1 aromatic rings. The average Bonchev–Trinajstić information content (AvgIpc) is 3.07. The number of aryl methyl sites for hydroxylation is 2. The van der Waals surface area contributed by atoms with E-state index in [4.69, 9.17) is 9.84 Å². The lowest BCUT2D eigenvalue weighted by molar-refractivity contribution is -0.137. The molecule has 7 nitrogen and oxygen atoms in total. The molecule has 0 aromatic carbocycles. The topological polar surface area (TPSA) is 83.0 Å². The molecule has 1 N–H and O–H groups in total. The molecular formula is C19H29N3O4S. The molecule has 2 atom stereocenters. The summed E-state index contributed by atoms with van der Waals surface area (Å²) >= 11 is 1.47. The highest BCUT2D eigenvalue weighted by Gasteiger charge is 2.36. The maximum atomic E-state index is 13.1. The molecule has 0 saturated carbocycles. The predicted octanol–water partition coefficient (Wildman–Crippen LogP) is 2.04. The van der Waals surface area contributed by atoms with Crippen molar-refractivity contribution in [3.05, 3.63) is 15.6 Å². The molecule has 1 aromatic heterocycles. The lowest BCUT2D eigenvalue weighted by atomic mass is 9.86. The summed E-state index contributed by atoms with van der Waals surface area (Å²) in [5.74, 6) is -0.542. The number of carboxylic acids is 1. The first kappa shape index (κ1) is 20.2. The number of amides is 1. The van der Waals surface area contributed by atoms with Crippen LogP contribution in [-0.2, 0) is 16.0 Å². The fourth-order valence-corrected chi connectivity index (χ4v) is 5.18. The van der Waals surface area contributed by atoms with Gasteiger partial charge in [-0.05, 0) is 32.1 Å². The van der Waals surface area contributed by atoms with Crippen molar-refractivity contribution in [3.8, 4) is 0 Å². The Bertz CT molecular complexity index is 672. The Balaban J connectivity index is 1.73. The van der Waals surface area contributed by atoms with E-state index in [1.54, 1.807) is 0 Å². The molecule has 2 aliphatic rings. The molecule has 0 radical (unpaired) electrons. The number of morpholine rings is 1. The summed E-state index contributed by atoms with van der Waals surface area (Å²) in [6.07, 6.45) is 2.38. The van der Waals surface area contributed by atoms with Crippen LogP contribution in [-0.4, -0.2) is 77.2 Å². The molecule has 2 fully saturated rings. The van der Waals surface area contributed by atoms with Crippen LogP contribution in [0.15, 0.2) is 0 Å². The minimum absolute atomic E-state index is 0.0539. The van der Waals surface area contributed by atoms with E-state index < -0.39 is 5.97 Å². The largest absolute Gasteiger partial charge is 0.481 e. The second kappa shape index (κ2) is 9.12. The Morgan fingerprint density at radius 1 is 1.30 bits per heavy atom. The summed E-state index contributed by atoms with van der Waals surface area (Å²) in [6.45, 7) is 8.51. The second-order valence-corrected chi connectivity index (χ2v) is 8.51. The number of carbonyl (C=O) groups excluding carboxylic acids is 1. The summed E-state index contributed by atoms with van der Waals surface area (Å²) in [7, 11) is 0. The van der Waals surface area contributed by atoms with Gasteiger partial charge in [0.15, 0.2) is 0 Å². The Morgan fingerprint density at radius 3 is 2.70 bits per heavy atom. The molecule has 0 bridgehead atoms. The molecule has 27 heavy (non-hydrogen) atoms. The molecule has 0 unspecified atom stereocenters. The molecule has 3 rings (SSSR count). The van der Waals surface area contributed by atoms with Gasteiger partial charge in [0.05, 0.1) is 23.9 Å². The molecule has 0 aliphatic carbocycles. The zero-order chi connectivity index (χ0) is 19.4. The highest BCUT2D eigenvalue weighted by atomic mass is 32.1. The number of likely N-dealkylation sites (tertiary alicyclic amines) is 1. The fraction of sp³-hybridized carbons (Fsp3) is 0.737. The minimum atomic E-state index is -0.773. The van der Waals surface area contributed by atoms with E-state index in [9.17, 15) is 9.59 Å². The van der Waals surface area contributed by atoms with E-state index in [0.717, 1.165) is 54.7 Å². The number of thiazole rings is 1.